The lowest BCUT2D eigenvalue weighted by Gasteiger charge is -2.11. The van der Waals surface area contributed by atoms with Gasteiger partial charge in [0.1, 0.15) is 6.61 Å². The van der Waals surface area contributed by atoms with Gasteiger partial charge >= 0.3 is 0 Å². The minimum absolute atomic E-state index is 0.455. The van der Waals surface area contributed by atoms with Gasteiger partial charge in [0.15, 0.2) is 16.6 Å². The summed E-state index contributed by atoms with van der Waals surface area (Å²) >= 11 is 4.94. The topological polar surface area (TPSA) is 54.9 Å². The van der Waals surface area contributed by atoms with Crippen molar-refractivity contribution in [1.82, 2.24) is 10.7 Å². The van der Waals surface area contributed by atoms with Gasteiger partial charge in [-0.25, -0.2) is 0 Å². The second kappa shape index (κ2) is 8.75. The van der Waals surface area contributed by atoms with E-state index in [1.54, 1.807) is 20.4 Å². The Kier molecular flexibility index (Phi) is 6.38. The van der Waals surface area contributed by atoms with Crippen molar-refractivity contribution in [3.05, 3.63) is 59.7 Å². The van der Waals surface area contributed by atoms with Crippen molar-refractivity contribution in [3.63, 3.8) is 0 Å². The van der Waals surface area contributed by atoms with Gasteiger partial charge in [0, 0.05) is 7.05 Å². The third kappa shape index (κ3) is 5.27. The number of hydrogen-bond donors (Lipinski definition) is 2. The Labute approximate surface area is 141 Å². The second-order valence-corrected chi connectivity index (χ2v) is 5.04. The number of methoxy groups -OCH3 is 1. The highest BCUT2D eigenvalue weighted by Crippen LogP contribution is 2.28. The van der Waals surface area contributed by atoms with Crippen LogP contribution in [0.15, 0.2) is 53.6 Å². The molecule has 2 rings (SSSR count). The smallest absolute Gasteiger partial charge is 0.186 e. The summed E-state index contributed by atoms with van der Waals surface area (Å²) in [5.74, 6) is 1.34. The van der Waals surface area contributed by atoms with E-state index in [1.807, 2.05) is 48.5 Å². The van der Waals surface area contributed by atoms with Crippen molar-refractivity contribution in [2.24, 2.45) is 5.10 Å². The number of nitrogens with zero attached hydrogens (tertiary/aromatic N) is 1. The van der Waals surface area contributed by atoms with Crippen LogP contribution in [0, 0.1) is 0 Å². The van der Waals surface area contributed by atoms with Crippen LogP contribution in [0.1, 0.15) is 11.1 Å². The second-order valence-electron chi connectivity index (χ2n) is 4.63. The number of nitrogens with one attached hydrogen (secondary N) is 2. The maximum atomic E-state index is 5.81. The normalized spacial score (nSPS) is 10.3. The van der Waals surface area contributed by atoms with E-state index in [0.29, 0.717) is 23.2 Å². The van der Waals surface area contributed by atoms with Crippen LogP contribution in [-0.4, -0.2) is 25.5 Å². The van der Waals surface area contributed by atoms with Crippen LogP contribution in [0.25, 0.3) is 0 Å². The summed E-state index contributed by atoms with van der Waals surface area (Å²) in [5, 5.41) is 7.27. The number of hydrogen-bond acceptors (Lipinski definition) is 4. The van der Waals surface area contributed by atoms with E-state index in [0.717, 1.165) is 11.1 Å². The van der Waals surface area contributed by atoms with Crippen LogP contribution in [0.3, 0.4) is 0 Å². The van der Waals surface area contributed by atoms with Crippen molar-refractivity contribution >= 4 is 23.5 Å². The first-order chi connectivity index (χ1) is 11.2. The minimum Gasteiger partial charge on any atom is -0.493 e. The van der Waals surface area contributed by atoms with Crippen LogP contribution in [0.5, 0.6) is 11.5 Å². The van der Waals surface area contributed by atoms with Gasteiger partial charge in [-0.2, -0.15) is 5.10 Å². The molecule has 0 fully saturated rings. The molecular formula is C17H19N3O2S. The molecule has 0 bridgehead atoms. The van der Waals surface area contributed by atoms with Gasteiger partial charge in [-0.3, -0.25) is 5.43 Å². The van der Waals surface area contributed by atoms with Crippen molar-refractivity contribution < 1.29 is 9.47 Å². The van der Waals surface area contributed by atoms with Crippen LogP contribution in [0.4, 0.5) is 0 Å². The van der Waals surface area contributed by atoms with Crippen molar-refractivity contribution in [1.29, 1.82) is 0 Å². The Morgan fingerprint density at radius 2 is 1.96 bits per heavy atom. The zero-order valence-electron chi connectivity index (χ0n) is 13.1. The van der Waals surface area contributed by atoms with Gasteiger partial charge < -0.3 is 14.8 Å². The molecule has 0 radical (unpaired) electrons. The largest absolute Gasteiger partial charge is 0.493 e. The van der Waals surface area contributed by atoms with Crippen LogP contribution < -0.4 is 20.2 Å². The highest BCUT2D eigenvalue weighted by molar-refractivity contribution is 7.80. The Morgan fingerprint density at radius 1 is 1.17 bits per heavy atom. The maximum Gasteiger partial charge on any atom is 0.186 e. The number of benzene rings is 2. The van der Waals surface area contributed by atoms with Crippen LogP contribution in [0.2, 0.25) is 0 Å². The SMILES string of the molecule is CNC(=S)N/N=C/c1ccc(OCc2ccccc2)c(OC)c1. The maximum absolute atomic E-state index is 5.81. The van der Waals surface area contributed by atoms with E-state index in [-0.39, 0.29) is 0 Å². The van der Waals surface area contributed by atoms with Gasteiger partial charge in [-0.05, 0) is 41.5 Å². The minimum atomic E-state index is 0.455. The van der Waals surface area contributed by atoms with E-state index in [4.69, 9.17) is 21.7 Å². The number of rotatable bonds is 6. The lowest BCUT2D eigenvalue weighted by Crippen LogP contribution is -2.28. The summed E-state index contributed by atoms with van der Waals surface area (Å²) < 4.78 is 11.2. The van der Waals surface area contributed by atoms with Crippen LogP contribution in [-0.2, 0) is 6.61 Å². The summed E-state index contributed by atoms with van der Waals surface area (Å²) in [6, 6.07) is 15.6. The van der Waals surface area contributed by atoms with E-state index in [2.05, 4.69) is 15.8 Å². The van der Waals surface area contributed by atoms with Crippen LogP contribution >= 0.6 is 12.2 Å². The zero-order valence-corrected chi connectivity index (χ0v) is 13.9. The molecule has 120 valence electrons. The molecule has 6 heteroatoms. The highest BCUT2D eigenvalue weighted by atomic mass is 32.1. The molecule has 0 unspecified atom stereocenters. The molecule has 0 saturated heterocycles. The molecule has 0 aliphatic carbocycles. The molecule has 0 aromatic heterocycles. The third-order valence-corrected chi connectivity index (χ3v) is 3.33. The van der Waals surface area contributed by atoms with E-state index >= 15 is 0 Å². The first-order valence-electron chi connectivity index (χ1n) is 7.08. The molecule has 0 aliphatic rings. The number of thiocarbonyl (C=S) groups is 1. The fourth-order valence-electron chi connectivity index (χ4n) is 1.84. The molecule has 2 aromatic carbocycles. The predicted octanol–water partition coefficient (Wildman–Crippen LogP) is 2.70. The summed E-state index contributed by atoms with van der Waals surface area (Å²) in [5.41, 5.74) is 4.67. The van der Waals surface area contributed by atoms with Gasteiger partial charge in [0.05, 0.1) is 13.3 Å². The van der Waals surface area contributed by atoms with Crippen molar-refractivity contribution in [2.45, 2.75) is 6.61 Å². The molecule has 0 atom stereocenters. The Bertz CT molecular complexity index is 675. The van der Waals surface area contributed by atoms with Gasteiger partial charge in [0.25, 0.3) is 0 Å². The third-order valence-electron chi connectivity index (χ3n) is 3.03. The summed E-state index contributed by atoms with van der Waals surface area (Å²) in [7, 11) is 3.34. The molecule has 2 aromatic rings. The van der Waals surface area contributed by atoms with Crippen molar-refractivity contribution in [3.8, 4) is 11.5 Å². The molecule has 0 amide bonds. The Balaban J connectivity index is 2.02. The molecule has 0 spiro atoms. The molecule has 5 nitrogen and oxygen atoms in total. The summed E-state index contributed by atoms with van der Waals surface area (Å²) in [4.78, 5) is 0. The van der Waals surface area contributed by atoms with E-state index < -0.39 is 0 Å². The van der Waals surface area contributed by atoms with Crippen molar-refractivity contribution in [2.75, 3.05) is 14.2 Å². The van der Waals surface area contributed by atoms with E-state index in [9.17, 15) is 0 Å². The fourth-order valence-corrected chi connectivity index (χ4v) is 1.89. The zero-order chi connectivity index (χ0) is 16.5. The monoisotopic (exact) mass is 329 g/mol. The summed E-state index contributed by atoms with van der Waals surface area (Å²) in [6.45, 7) is 0.489. The standard InChI is InChI=1S/C17H19N3O2S/c1-18-17(23)20-19-11-14-8-9-15(16(10-14)21-2)22-12-13-6-4-3-5-7-13/h3-11H,12H2,1-2H3,(H2,18,20,23)/b19-11+. The summed E-state index contributed by atoms with van der Waals surface area (Å²) in [6.07, 6.45) is 1.66. The molecule has 0 aliphatic heterocycles. The highest BCUT2D eigenvalue weighted by Gasteiger charge is 2.05. The molecule has 23 heavy (non-hydrogen) atoms. The lowest BCUT2D eigenvalue weighted by molar-refractivity contribution is 0.284. The van der Waals surface area contributed by atoms with Gasteiger partial charge in [-0.15, -0.1) is 0 Å². The first kappa shape index (κ1) is 16.8. The van der Waals surface area contributed by atoms with Gasteiger partial charge in [0.2, 0.25) is 0 Å². The number of ether oxygens (including phenoxy) is 2. The quantitative estimate of drug-likeness (QED) is 0.485. The fraction of sp³-hybridized carbons (Fsp3) is 0.176. The van der Waals surface area contributed by atoms with E-state index in [1.165, 1.54) is 0 Å². The Morgan fingerprint density at radius 3 is 2.65 bits per heavy atom. The van der Waals surface area contributed by atoms with Gasteiger partial charge in [-0.1, -0.05) is 30.3 Å². The Hall–Kier alpha value is -2.60. The molecule has 2 N–H and O–H groups in total. The molecule has 0 saturated carbocycles. The lowest BCUT2D eigenvalue weighted by atomic mass is 10.2. The molecule has 0 heterocycles. The molecular weight excluding hydrogens is 310 g/mol. The predicted molar refractivity (Wildman–Crippen MR) is 96.2 cm³/mol. The number of hydrazone groups is 1. The average molecular weight is 329 g/mol. The first-order valence-corrected chi connectivity index (χ1v) is 7.49. The average Bonchev–Trinajstić information content (AvgIpc) is 2.61.